The topological polar surface area (TPSA) is 58.2 Å². The van der Waals surface area contributed by atoms with Gasteiger partial charge >= 0.3 is 0 Å². The summed E-state index contributed by atoms with van der Waals surface area (Å²) in [6.45, 7) is 0.552. The molecule has 0 saturated carbocycles. The molecule has 2 N–H and O–H groups in total. The third kappa shape index (κ3) is 4.20. The molecule has 4 nitrogen and oxygen atoms in total. The SMILES string of the molecule is CNS(=O)(=O)c1ccc(NCc2cc(Br)ccc2Cl)cc1. The van der Waals surface area contributed by atoms with E-state index in [0.717, 1.165) is 15.7 Å². The maximum atomic E-state index is 11.6. The van der Waals surface area contributed by atoms with E-state index in [-0.39, 0.29) is 4.90 Å². The van der Waals surface area contributed by atoms with Crippen LogP contribution in [0.1, 0.15) is 5.56 Å². The van der Waals surface area contributed by atoms with Crippen LogP contribution < -0.4 is 10.0 Å². The number of rotatable bonds is 5. The van der Waals surface area contributed by atoms with Crippen LogP contribution in [0.25, 0.3) is 0 Å². The molecule has 2 aromatic rings. The zero-order valence-corrected chi connectivity index (χ0v) is 14.4. The van der Waals surface area contributed by atoms with Crippen molar-refractivity contribution in [2.45, 2.75) is 11.4 Å². The largest absolute Gasteiger partial charge is 0.381 e. The third-order valence-electron chi connectivity index (χ3n) is 2.92. The van der Waals surface area contributed by atoms with E-state index in [1.54, 1.807) is 24.3 Å². The molecule has 112 valence electrons. The zero-order chi connectivity index (χ0) is 15.5. The number of nitrogens with one attached hydrogen (secondary N) is 2. The molecule has 0 aliphatic carbocycles. The van der Waals surface area contributed by atoms with Gasteiger partial charge in [0.05, 0.1) is 4.90 Å². The van der Waals surface area contributed by atoms with Crippen molar-refractivity contribution in [3.63, 3.8) is 0 Å². The lowest BCUT2D eigenvalue weighted by atomic mass is 10.2. The standard InChI is InChI=1S/C14H14BrClN2O2S/c1-17-21(19,20)13-5-3-12(4-6-13)18-9-10-8-11(15)2-7-14(10)16/h2-8,17-18H,9H2,1H3. The van der Waals surface area contributed by atoms with Crippen molar-refractivity contribution in [1.29, 1.82) is 0 Å². The Morgan fingerprint density at radius 1 is 1.14 bits per heavy atom. The molecule has 0 saturated heterocycles. The van der Waals surface area contributed by atoms with Crippen LogP contribution in [-0.4, -0.2) is 15.5 Å². The molecule has 0 radical (unpaired) electrons. The average molecular weight is 390 g/mol. The van der Waals surface area contributed by atoms with Crippen molar-refractivity contribution < 1.29 is 8.42 Å². The summed E-state index contributed by atoms with van der Waals surface area (Å²) in [6, 6.07) is 12.2. The molecule has 2 aromatic carbocycles. The van der Waals surface area contributed by atoms with Gasteiger partial charge in [-0.05, 0) is 55.1 Å². The molecule has 0 heterocycles. The molecule has 0 aliphatic heterocycles. The Balaban J connectivity index is 2.09. The van der Waals surface area contributed by atoms with Crippen LogP contribution in [0, 0.1) is 0 Å². The fraction of sp³-hybridized carbons (Fsp3) is 0.143. The van der Waals surface area contributed by atoms with Gasteiger partial charge in [-0.15, -0.1) is 0 Å². The van der Waals surface area contributed by atoms with Gasteiger partial charge in [-0.1, -0.05) is 27.5 Å². The van der Waals surface area contributed by atoms with Crippen LogP contribution in [0.2, 0.25) is 5.02 Å². The lowest BCUT2D eigenvalue weighted by molar-refractivity contribution is 0.588. The minimum absolute atomic E-state index is 0.232. The van der Waals surface area contributed by atoms with Gasteiger partial charge in [0.2, 0.25) is 10.0 Å². The highest BCUT2D eigenvalue weighted by Crippen LogP contribution is 2.22. The highest BCUT2D eigenvalue weighted by atomic mass is 79.9. The molecule has 0 aromatic heterocycles. The van der Waals surface area contributed by atoms with Gasteiger partial charge in [-0.3, -0.25) is 0 Å². The fourth-order valence-electron chi connectivity index (χ4n) is 1.75. The summed E-state index contributed by atoms with van der Waals surface area (Å²) in [5.74, 6) is 0. The summed E-state index contributed by atoms with van der Waals surface area (Å²) in [4.78, 5) is 0.232. The highest BCUT2D eigenvalue weighted by Gasteiger charge is 2.10. The molecule has 0 unspecified atom stereocenters. The normalized spacial score (nSPS) is 11.4. The van der Waals surface area contributed by atoms with Crippen LogP contribution in [0.3, 0.4) is 0 Å². The van der Waals surface area contributed by atoms with Gasteiger partial charge in [0, 0.05) is 21.7 Å². The lowest BCUT2D eigenvalue weighted by Crippen LogP contribution is -2.18. The van der Waals surface area contributed by atoms with Gasteiger partial charge in [0.15, 0.2) is 0 Å². The van der Waals surface area contributed by atoms with E-state index in [0.29, 0.717) is 11.6 Å². The maximum Gasteiger partial charge on any atom is 0.240 e. The highest BCUT2D eigenvalue weighted by molar-refractivity contribution is 9.10. The Labute approximate surface area is 137 Å². The first-order valence-electron chi connectivity index (χ1n) is 6.14. The number of hydrogen-bond acceptors (Lipinski definition) is 3. The smallest absolute Gasteiger partial charge is 0.240 e. The molecule has 0 spiro atoms. The summed E-state index contributed by atoms with van der Waals surface area (Å²) in [5.41, 5.74) is 1.78. The lowest BCUT2D eigenvalue weighted by Gasteiger charge is -2.09. The number of halogens is 2. The molecule has 21 heavy (non-hydrogen) atoms. The molecule has 0 aliphatic rings. The minimum atomic E-state index is -3.40. The van der Waals surface area contributed by atoms with Crippen LogP contribution >= 0.6 is 27.5 Å². The third-order valence-corrected chi connectivity index (χ3v) is 5.22. The van der Waals surface area contributed by atoms with E-state index < -0.39 is 10.0 Å². The first-order chi connectivity index (χ1) is 9.92. The van der Waals surface area contributed by atoms with E-state index in [9.17, 15) is 8.42 Å². The van der Waals surface area contributed by atoms with E-state index >= 15 is 0 Å². The van der Waals surface area contributed by atoms with Crippen molar-refractivity contribution in [3.05, 3.63) is 57.5 Å². The zero-order valence-electron chi connectivity index (χ0n) is 11.2. The molecule has 2 rings (SSSR count). The molecule has 0 amide bonds. The Morgan fingerprint density at radius 3 is 2.43 bits per heavy atom. The van der Waals surface area contributed by atoms with Crippen LogP contribution in [-0.2, 0) is 16.6 Å². The number of anilines is 1. The Bertz CT molecular complexity index is 733. The van der Waals surface area contributed by atoms with E-state index in [4.69, 9.17) is 11.6 Å². The second kappa shape index (κ2) is 6.79. The maximum absolute atomic E-state index is 11.6. The van der Waals surface area contributed by atoms with Crippen LogP contribution in [0.5, 0.6) is 0 Å². The van der Waals surface area contributed by atoms with Crippen molar-refractivity contribution in [1.82, 2.24) is 4.72 Å². The molecule has 0 atom stereocenters. The quantitative estimate of drug-likeness (QED) is 0.821. The summed E-state index contributed by atoms with van der Waals surface area (Å²) < 4.78 is 26.5. The van der Waals surface area contributed by atoms with E-state index in [1.807, 2.05) is 18.2 Å². The van der Waals surface area contributed by atoms with Crippen molar-refractivity contribution in [2.24, 2.45) is 0 Å². The Kier molecular flexibility index (Phi) is 5.27. The number of sulfonamides is 1. The van der Waals surface area contributed by atoms with Gasteiger partial charge in [-0.25, -0.2) is 13.1 Å². The van der Waals surface area contributed by atoms with E-state index in [2.05, 4.69) is 26.0 Å². The van der Waals surface area contributed by atoms with Gasteiger partial charge in [-0.2, -0.15) is 0 Å². The number of hydrogen-bond donors (Lipinski definition) is 2. The average Bonchev–Trinajstić information content (AvgIpc) is 2.48. The first-order valence-corrected chi connectivity index (χ1v) is 8.79. The molecule has 0 fully saturated rings. The van der Waals surface area contributed by atoms with Gasteiger partial charge in [0.1, 0.15) is 0 Å². The van der Waals surface area contributed by atoms with Crippen molar-refractivity contribution in [3.8, 4) is 0 Å². The molecule has 0 bridgehead atoms. The van der Waals surface area contributed by atoms with Gasteiger partial charge in [0.25, 0.3) is 0 Å². The molecule has 7 heteroatoms. The second-order valence-electron chi connectivity index (χ2n) is 4.32. The van der Waals surface area contributed by atoms with Gasteiger partial charge < -0.3 is 5.32 Å². The predicted octanol–water partition coefficient (Wildman–Crippen LogP) is 3.62. The molecular weight excluding hydrogens is 376 g/mol. The summed E-state index contributed by atoms with van der Waals surface area (Å²) in [6.07, 6.45) is 0. The monoisotopic (exact) mass is 388 g/mol. The van der Waals surface area contributed by atoms with Crippen LogP contribution in [0.4, 0.5) is 5.69 Å². The van der Waals surface area contributed by atoms with Crippen molar-refractivity contribution in [2.75, 3.05) is 12.4 Å². The van der Waals surface area contributed by atoms with Crippen molar-refractivity contribution >= 4 is 43.2 Å². The summed E-state index contributed by atoms with van der Waals surface area (Å²) >= 11 is 9.52. The Hall–Kier alpha value is -1.08. The predicted molar refractivity (Wildman–Crippen MR) is 89.2 cm³/mol. The van der Waals surface area contributed by atoms with Crippen LogP contribution in [0.15, 0.2) is 51.8 Å². The number of benzene rings is 2. The molecular formula is C14H14BrClN2O2S. The Morgan fingerprint density at radius 2 is 1.81 bits per heavy atom. The summed E-state index contributed by atoms with van der Waals surface area (Å²) in [7, 11) is -2.01. The van der Waals surface area contributed by atoms with E-state index in [1.165, 1.54) is 7.05 Å². The fourth-order valence-corrected chi connectivity index (χ4v) is 3.07. The first kappa shape index (κ1) is 16.3. The second-order valence-corrected chi connectivity index (χ2v) is 7.53. The summed E-state index contributed by atoms with van der Waals surface area (Å²) in [5, 5.41) is 3.89. The minimum Gasteiger partial charge on any atom is -0.381 e.